The Balaban J connectivity index is 2.12. The van der Waals surface area contributed by atoms with Crippen molar-refractivity contribution in [2.45, 2.75) is 33.1 Å². The maximum atomic E-state index is 12.8. The second kappa shape index (κ2) is 8.77. The Bertz CT molecular complexity index is 1180. The van der Waals surface area contributed by atoms with Crippen LogP contribution in [0, 0.1) is 0 Å². The number of benzene rings is 1. The fourth-order valence-electron chi connectivity index (χ4n) is 3.31. The predicted octanol–water partition coefficient (Wildman–Crippen LogP) is 3.40. The lowest BCUT2D eigenvalue weighted by Crippen LogP contribution is -2.20. The summed E-state index contributed by atoms with van der Waals surface area (Å²) >= 11 is 0. The van der Waals surface area contributed by atoms with Crippen molar-refractivity contribution in [2.75, 3.05) is 6.54 Å². The molecule has 3 aromatic rings. The number of nitrogens with zero attached hydrogens (tertiary/aromatic N) is 2. The quantitative estimate of drug-likeness (QED) is 0.511. The smallest absolute Gasteiger partial charge is 0.275 e. The number of aryl methyl sites for hydroxylation is 1. The third-order valence-electron chi connectivity index (χ3n) is 4.81. The molecule has 3 N–H and O–H groups in total. The lowest BCUT2D eigenvalue weighted by atomic mass is 10.1. The molecule has 0 saturated heterocycles. The lowest BCUT2D eigenvalue weighted by molar-refractivity contribution is 0.688. The molecule has 2 heterocycles. The summed E-state index contributed by atoms with van der Waals surface area (Å²) in [6, 6.07) is 5.27. The Morgan fingerprint density at radius 3 is 2.83 bits per heavy atom. The number of unbranched alkanes of at least 4 members (excludes halogenated alkanes) is 2. The SMILES string of the molecule is C=C(NCCCCC)c1nc(-c2cccc3c(=O)n(C)[nH]c23)c(=O)[nH]c1/C=C\C. The largest absolute Gasteiger partial charge is 0.384 e. The van der Waals surface area contributed by atoms with Crippen LogP contribution in [0.15, 0.2) is 40.4 Å². The van der Waals surface area contributed by atoms with Crippen LogP contribution in [0.4, 0.5) is 0 Å². The van der Waals surface area contributed by atoms with E-state index in [9.17, 15) is 9.59 Å². The molecule has 0 spiro atoms. The van der Waals surface area contributed by atoms with Crippen LogP contribution in [-0.2, 0) is 7.05 Å². The average Bonchev–Trinajstić information content (AvgIpc) is 3.00. The fourth-order valence-corrected chi connectivity index (χ4v) is 3.31. The van der Waals surface area contributed by atoms with Gasteiger partial charge >= 0.3 is 0 Å². The molecule has 0 radical (unpaired) electrons. The van der Waals surface area contributed by atoms with Gasteiger partial charge in [-0.1, -0.05) is 44.6 Å². The minimum absolute atomic E-state index is 0.147. The van der Waals surface area contributed by atoms with E-state index < -0.39 is 0 Å². The van der Waals surface area contributed by atoms with Gasteiger partial charge in [-0.05, 0) is 25.5 Å². The number of hydrogen-bond acceptors (Lipinski definition) is 4. The number of allylic oxidation sites excluding steroid dienone is 1. The van der Waals surface area contributed by atoms with Gasteiger partial charge in [-0.3, -0.25) is 19.4 Å². The molecule has 7 heteroatoms. The van der Waals surface area contributed by atoms with Crippen molar-refractivity contribution >= 4 is 22.7 Å². The van der Waals surface area contributed by atoms with E-state index in [0.717, 1.165) is 25.8 Å². The van der Waals surface area contributed by atoms with Gasteiger partial charge in [0.1, 0.15) is 11.4 Å². The van der Waals surface area contributed by atoms with Crippen LogP contribution in [0.5, 0.6) is 0 Å². The van der Waals surface area contributed by atoms with E-state index in [1.807, 2.05) is 13.0 Å². The molecule has 2 aromatic heterocycles. The first-order valence-corrected chi connectivity index (χ1v) is 9.86. The number of para-hydroxylation sites is 1. The third kappa shape index (κ3) is 4.08. The highest BCUT2D eigenvalue weighted by Crippen LogP contribution is 2.24. The number of hydrogen-bond donors (Lipinski definition) is 3. The molecule has 29 heavy (non-hydrogen) atoms. The zero-order valence-corrected chi connectivity index (χ0v) is 17.1. The van der Waals surface area contributed by atoms with E-state index in [0.29, 0.717) is 33.6 Å². The highest BCUT2D eigenvalue weighted by atomic mass is 16.1. The molecule has 0 fully saturated rings. The molecule has 0 aliphatic carbocycles. The zero-order valence-electron chi connectivity index (χ0n) is 17.1. The summed E-state index contributed by atoms with van der Waals surface area (Å²) in [6.45, 7) is 8.94. The molecule has 0 unspecified atom stereocenters. The fraction of sp³-hybridized carbons (Fsp3) is 0.318. The second-order valence-corrected chi connectivity index (χ2v) is 6.99. The molecular formula is C22H27N5O2. The number of aromatic amines is 2. The molecule has 0 bridgehead atoms. The van der Waals surface area contributed by atoms with Crippen LogP contribution < -0.4 is 16.4 Å². The predicted molar refractivity (Wildman–Crippen MR) is 119 cm³/mol. The lowest BCUT2D eigenvalue weighted by Gasteiger charge is -2.13. The number of H-pyrrole nitrogens is 2. The van der Waals surface area contributed by atoms with Gasteiger partial charge in [-0.15, -0.1) is 0 Å². The Labute approximate surface area is 169 Å². The Morgan fingerprint density at radius 1 is 1.31 bits per heavy atom. The summed E-state index contributed by atoms with van der Waals surface area (Å²) in [5.41, 5.74) is 2.78. The van der Waals surface area contributed by atoms with E-state index in [2.05, 4.69) is 33.9 Å². The molecule has 0 atom stereocenters. The number of rotatable bonds is 8. The summed E-state index contributed by atoms with van der Waals surface area (Å²) in [4.78, 5) is 32.7. The monoisotopic (exact) mass is 393 g/mol. The molecule has 0 aliphatic heterocycles. The Hall–Kier alpha value is -3.35. The van der Waals surface area contributed by atoms with Crippen molar-refractivity contribution in [2.24, 2.45) is 7.05 Å². The van der Waals surface area contributed by atoms with Gasteiger partial charge in [0.25, 0.3) is 11.1 Å². The van der Waals surface area contributed by atoms with Crippen LogP contribution in [0.2, 0.25) is 0 Å². The standard InChI is InChI=1S/C22H27N5O2/c1-5-7-8-13-23-14(3)18-17(10-6-2)24-21(28)20(25-18)15-11-9-12-16-19(15)26-27(4)22(16)29/h6,9-12,23,26H,3,5,7-8,13H2,1-2,4H3,(H,24,28)/b10-6-. The minimum Gasteiger partial charge on any atom is -0.384 e. The average molecular weight is 393 g/mol. The summed E-state index contributed by atoms with van der Waals surface area (Å²) in [7, 11) is 1.65. The van der Waals surface area contributed by atoms with Crippen molar-refractivity contribution < 1.29 is 0 Å². The zero-order chi connectivity index (χ0) is 21.0. The number of aromatic nitrogens is 4. The van der Waals surface area contributed by atoms with Crippen LogP contribution in [0.1, 0.15) is 44.5 Å². The van der Waals surface area contributed by atoms with Gasteiger partial charge in [0, 0.05) is 19.2 Å². The van der Waals surface area contributed by atoms with E-state index in [1.54, 1.807) is 31.3 Å². The van der Waals surface area contributed by atoms with Crippen molar-refractivity contribution in [3.8, 4) is 11.3 Å². The topological polar surface area (TPSA) is 95.6 Å². The molecule has 1 aromatic carbocycles. The number of fused-ring (bicyclic) bond motifs is 1. The Kier molecular flexibility index (Phi) is 6.16. The molecule has 0 amide bonds. The maximum Gasteiger partial charge on any atom is 0.275 e. The van der Waals surface area contributed by atoms with Gasteiger partial charge in [0.2, 0.25) is 0 Å². The van der Waals surface area contributed by atoms with Crippen molar-refractivity contribution in [3.63, 3.8) is 0 Å². The number of nitrogens with one attached hydrogen (secondary N) is 3. The van der Waals surface area contributed by atoms with Gasteiger partial charge in [-0.2, -0.15) is 0 Å². The van der Waals surface area contributed by atoms with E-state index >= 15 is 0 Å². The summed E-state index contributed by atoms with van der Waals surface area (Å²) in [5.74, 6) is 0. The van der Waals surface area contributed by atoms with Crippen molar-refractivity contribution in [3.05, 3.63) is 62.9 Å². The van der Waals surface area contributed by atoms with Crippen LogP contribution >= 0.6 is 0 Å². The molecule has 152 valence electrons. The third-order valence-corrected chi connectivity index (χ3v) is 4.81. The normalized spacial score (nSPS) is 11.4. The summed E-state index contributed by atoms with van der Waals surface area (Å²) < 4.78 is 1.39. The van der Waals surface area contributed by atoms with E-state index in [1.165, 1.54) is 4.68 Å². The van der Waals surface area contributed by atoms with Crippen LogP contribution in [0.3, 0.4) is 0 Å². The molecule has 0 saturated carbocycles. The molecule has 7 nitrogen and oxygen atoms in total. The van der Waals surface area contributed by atoms with E-state index in [-0.39, 0.29) is 16.8 Å². The molecule has 3 rings (SSSR count). The second-order valence-electron chi connectivity index (χ2n) is 6.99. The maximum absolute atomic E-state index is 12.8. The van der Waals surface area contributed by atoms with Gasteiger partial charge in [0.05, 0.1) is 22.3 Å². The van der Waals surface area contributed by atoms with E-state index in [4.69, 9.17) is 0 Å². The highest BCUT2D eigenvalue weighted by molar-refractivity contribution is 5.92. The first-order valence-electron chi connectivity index (χ1n) is 9.86. The van der Waals surface area contributed by atoms with Crippen molar-refractivity contribution in [1.82, 2.24) is 25.1 Å². The summed E-state index contributed by atoms with van der Waals surface area (Å²) in [5, 5.41) is 6.84. The minimum atomic E-state index is -0.321. The van der Waals surface area contributed by atoms with Gasteiger partial charge in [-0.25, -0.2) is 4.98 Å². The van der Waals surface area contributed by atoms with Gasteiger partial charge < -0.3 is 10.3 Å². The Morgan fingerprint density at radius 2 is 2.10 bits per heavy atom. The van der Waals surface area contributed by atoms with Crippen LogP contribution in [0.25, 0.3) is 33.9 Å². The first kappa shape index (κ1) is 20.4. The molecular weight excluding hydrogens is 366 g/mol. The molecule has 0 aliphatic rings. The van der Waals surface area contributed by atoms with Crippen molar-refractivity contribution in [1.29, 1.82) is 0 Å². The first-order chi connectivity index (χ1) is 14.0. The van der Waals surface area contributed by atoms with Gasteiger partial charge in [0.15, 0.2) is 0 Å². The highest BCUT2D eigenvalue weighted by Gasteiger charge is 2.17. The summed E-state index contributed by atoms with van der Waals surface area (Å²) in [6.07, 6.45) is 6.95. The van der Waals surface area contributed by atoms with Crippen LogP contribution in [-0.4, -0.2) is 26.3 Å².